The van der Waals surface area contributed by atoms with Crippen molar-refractivity contribution in [3.8, 4) is 56.4 Å². The summed E-state index contributed by atoms with van der Waals surface area (Å²) in [6, 6.07) is 53.5. The Morgan fingerprint density at radius 2 is 1.00 bits per heavy atom. The molecule has 56 heavy (non-hydrogen) atoms. The number of aromatic nitrogens is 4. The fourth-order valence-electron chi connectivity index (χ4n) is 7.59. The quantitative estimate of drug-likeness (QED) is 0.146. The SMILES string of the molecule is C.CC.CCCCc1c(C)cccc1-c1ccc(-c2nc(-c3ccc(-c4cccc5cccnc45)cc3)nc(-c3cc4ccccc4c4ccccc34)n2)cc1. The molecule has 0 spiro atoms. The largest absolute Gasteiger partial charge is 0.256 e. The van der Waals surface area contributed by atoms with Gasteiger partial charge in [0, 0.05) is 33.8 Å². The molecule has 7 aromatic carbocycles. The van der Waals surface area contributed by atoms with E-state index in [0.29, 0.717) is 17.5 Å². The predicted octanol–water partition coefficient (Wildman–Crippen LogP) is 14.4. The molecule has 9 rings (SSSR count). The number of benzene rings is 7. The zero-order valence-electron chi connectivity index (χ0n) is 31.9. The molecule has 4 nitrogen and oxygen atoms in total. The van der Waals surface area contributed by atoms with Gasteiger partial charge in [0.25, 0.3) is 0 Å². The molecule has 0 aliphatic rings. The maximum absolute atomic E-state index is 5.20. The van der Waals surface area contributed by atoms with Crippen LogP contribution in [0.15, 0.2) is 158 Å². The Hall–Kier alpha value is -6.52. The topological polar surface area (TPSA) is 51.6 Å². The molecule has 0 bridgehead atoms. The molecule has 0 aliphatic heterocycles. The van der Waals surface area contributed by atoms with Crippen LogP contribution in [0.1, 0.15) is 52.2 Å². The molecular weight excluding hydrogens is 681 g/mol. The first-order valence-electron chi connectivity index (χ1n) is 19.5. The number of fused-ring (bicyclic) bond motifs is 4. The molecule has 0 saturated carbocycles. The van der Waals surface area contributed by atoms with Crippen molar-refractivity contribution in [3.63, 3.8) is 0 Å². The van der Waals surface area contributed by atoms with Crippen molar-refractivity contribution in [1.29, 1.82) is 0 Å². The molecule has 0 atom stereocenters. The van der Waals surface area contributed by atoms with Gasteiger partial charge in [-0.25, -0.2) is 15.0 Å². The van der Waals surface area contributed by atoms with E-state index in [4.69, 9.17) is 15.0 Å². The van der Waals surface area contributed by atoms with E-state index < -0.39 is 0 Å². The van der Waals surface area contributed by atoms with Crippen molar-refractivity contribution in [2.45, 2.75) is 54.4 Å². The van der Waals surface area contributed by atoms with Crippen LogP contribution in [-0.4, -0.2) is 19.9 Å². The van der Waals surface area contributed by atoms with Gasteiger partial charge >= 0.3 is 0 Å². The van der Waals surface area contributed by atoms with Gasteiger partial charge in [0.05, 0.1) is 5.52 Å². The zero-order chi connectivity index (χ0) is 37.7. The van der Waals surface area contributed by atoms with Crippen LogP contribution < -0.4 is 0 Å². The lowest BCUT2D eigenvalue weighted by Gasteiger charge is -2.14. The highest BCUT2D eigenvalue weighted by Gasteiger charge is 2.17. The van der Waals surface area contributed by atoms with Gasteiger partial charge in [-0.2, -0.15) is 0 Å². The molecule has 9 aromatic rings. The van der Waals surface area contributed by atoms with E-state index in [1.54, 1.807) is 0 Å². The summed E-state index contributed by atoms with van der Waals surface area (Å²) >= 11 is 0. The molecular formula is C52H48N4. The minimum Gasteiger partial charge on any atom is -0.256 e. The smallest absolute Gasteiger partial charge is 0.164 e. The first kappa shape index (κ1) is 37.8. The summed E-state index contributed by atoms with van der Waals surface area (Å²) in [5.41, 5.74) is 11.3. The molecule has 0 saturated heterocycles. The standard InChI is InChI=1S/C49H38N4.C2H6.CH4/c1-3-4-16-39-32(2)12-9-20-40(39)33-22-26-36(27-23-33)47-51-48(37-28-24-34(25-29-37)42-21-10-14-35-15-11-30-50-46(35)42)53-49(52-47)45-31-38-13-5-6-17-41(38)43-18-7-8-19-44(43)45;1-2;/h5-15,17-31H,3-4,16H2,1-2H3;1-2H3;1H4. The van der Waals surface area contributed by atoms with Gasteiger partial charge in [0.15, 0.2) is 17.5 Å². The predicted molar refractivity (Wildman–Crippen MR) is 239 cm³/mol. The summed E-state index contributed by atoms with van der Waals surface area (Å²) in [5.74, 6) is 1.93. The lowest BCUT2D eigenvalue weighted by atomic mass is 9.92. The Kier molecular flexibility index (Phi) is 11.4. The van der Waals surface area contributed by atoms with Crippen LogP contribution in [-0.2, 0) is 6.42 Å². The number of aryl methyl sites for hydroxylation is 1. The van der Waals surface area contributed by atoms with Gasteiger partial charge in [0.2, 0.25) is 0 Å². The molecule has 0 unspecified atom stereocenters. The van der Waals surface area contributed by atoms with Crippen LogP contribution in [0.5, 0.6) is 0 Å². The maximum Gasteiger partial charge on any atom is 0.164 e. The van der Waals surface area contributed by atoms with Gasteiger partial charge in [-0.05, 0) is 81.3 Å². The molecule has 0 N–H and O–H groups in total. The average Bonchev–Trinajstić information content (AvgIpc) is 3.26. The molecule has 0 fully saturated rings. The second-order valence-electron chi connectivity index (χ2n) is 13.7. The van der Waals surface area contributed by atoms with Gasteiger partial charge in [-0.1, -0.05) is 174 Å². The van der Waals surface area contributed by atoms with Crippen LogP contribution in [0, 0.1) is 6.92 Å². The second kappa shape index (κ2) is 16.9. The van der Waals surface area contributed by atoms with E-state index in [-0.39, 0.29) is 7.43 Å². The summed E-state index contributed by atoms with van der Waals surface area (Å²) in [6.45, 7) is 8.47. The van der Waals surface area contributed by atoms with E-state index in [2.05, 4.69) is 164 Å². The Bertz CT molecular complexity index is 2760. The normalized spacial score (nSPS) is 10.9. The molecule has 2 aromatic heterocycles. The molecule has 0 radical (unpaired) electrons. The highest BCUT2D eigenvalue weighted by atomic mass is 15.0. The zero-order valence-corrected chi connectivity index (χ0v) is 31.9. The monoisotopic (exact) mass is 728 g/mol. The van der Waals surface area contributed by atoms with Crippen molar-refractivity contribution in [1.82, 2.24) is 19.9 Å². The van der Waals surface area contributed by atoms with Crippen molar-refractivity contribution in [2.75, 3.05) is 0 Å². The Morgan fingerprint density at radius 1 is 0.464 bits per heavy atom. The molecule has 4 heteroatoms. The minimum atomic E-state index is 0. The van der Waals surface area contributed by atoms with Gasteiger partial charge in [-0.15, -0.1) is 0 Å². The summed E-state index contributed by atoms with van der Waals surface area (Å²) < 4.78 is 0. The maximum atomic E-state index is 5.20. The lowest BCUT2D eigenvalue weighted by molar-refractivity contribution is 0.792. The Labute approximate surface area is 331 Å². The first-order valence-corrected chi connectivity index (χ1v) is 19.5. The van der Waals surface area contributed by atoms with Crippen molar-refractivity contribution in [2.24, 2.45) is 0 Å². The summed E-state index contributed by atoms with van der Waals surface area (Å²) in [4.78, 5) is 20.2. The van der Waals surface area contributed by atoms with Gasteiger partial charge < -0.3 is 0 Å². The van der Waals surface area contributed by atoms with E-state index in [1.807, 2.05) is 26.1 Å². The van der Waals surface area contributed by atoms with Crippen molar-refractivity contribution in [3.05, 3.63) is 169 Å². The highest BCUT2D eigenvalue weighted by molar-refractivity contribution is 6.13. The molecule has 2 heterocycles. The third kappa shape index (κ3) is 7.31. The van der Waals surface area contributed by atoms with E-state index in [9.17, 15) is 0 Å². The van der Waals surface area contributed by atoms with Crippen LogP contribution in [0.25, 0.3) is 88.9 Å². The number of para-hydroxylation sites is 1. The third-order valence-electron chi connectivity index (χ3n) is 10.4. The number of hydrogen-bond donors (Lipinski definition) is 0. The number of pyridine rings is 1. The highest BCUT2D eigenvalue weighted by Crippen LogP contribution is 2.36. The fraction of sp³-hybridized carbons (Fsp3) is 0.154. The van der Waals surface area contributed by atoms with E-state index in [0.717, 1.165) is 55.9 Å². The minimum absolute atomic E-state index is 0. The van der Waals surface area contributed by atoms with Crippen LogP contribution >= 0.6 is 0 Å². The lowest BCUT2D eigenvalue weighted by Crippen LogP contribution is -2.01. The number of rotatable bonds is 8. The first-order chi connectivity index (χ1) is 27.1. The number of nitrogens with zero attached hydrogens (tertiary/aromatic N) is 4. The molecule has 0 amide bonds. The third-order valence-corrected chi connectivity index (χ3v) is 10.4. The molecule has 276 valence electrons. The molecule has 0 aliphatic carbocycles. The summed E-state index contributed by atoms with van der Waals surface area (Å²) in [7, 11) is 0. The summed E-state index contributed by atoms with van der Waals surface area (Å²) in [6.07, 6.45) is 5.28. The summed E-state index contributed by atoms with van der Waals surface area (Å²) in [5, 5.41) is 5.78. The van der Waals surface area contributed by atoms with Crippen LogP contribution in [0.3, 0.4) is 0 Å². The van der Waals surface area contributed by atoms with Gasteiger partial charge in [0.1, 0.15) is 0 Å². The van der Waals surface area contributed by atoms with Crippen LogP contribution in [0.4, 0.5) is 0 Å². The average molecular weight is 729 g/mol. The Morgan fingerprint density at radius 3 is 1.70 bits per heavy atom. The van der Waals surface area contributed by atoms with E-state index >= 15 is 0 Å². The number of unbranched alkanes of at least 4 members (excludes halogenated alkanes) is 1. The van der Waals surface area contributed by atoms with E-state index in [1.165, 1.54) is 45.9 Å². The fourth-order valence-corrected chi connectivity index (χ4v) is 7.59. The van der Waals surface area contributed by atoms with Crippen LogP contribution in [0.2, 0.25) is 0 Å². The van der Waals surface area contributed by atoms with Gasteiger partial charge in [-0.3, -0.25) is 4.98 Å². The Balaban J connectivity index is 0.00000158. The second-order valence-corrected chi connectivity index (χ2v) is 13.7. The van der Waals surface area contributed by atoms with Crippen molar-refractivity contribution >= 4 is 32.4 Å². The number of hydrogen-bond acceptors (Lipinski definition) is 4. The van der Waals surface area contributed by atoms with Crippen molar-refractivity contribution < 1.29 is 0 Å².